The van der Waals surface area contributed by atoms with Crippen LogP contribution in [-0.4, -0.2) is 55.0 Å². The lowest BCUT2D eigenvalue weighted by Gasteiger charge is -2.34. The summed E-state index contributed by atoms with van der Waals surface area (Å²) < 4.78 is 0. The third-order valence-electron chi connectivity index (χ3n) is 3.89. The lowest BCUT2D eigenvalue weighted by Crippen LogP contribution is -2.47. The molecule has 2 rings (SSSR count). The Morgan fingerprint density at radius 1 is 1.14 bits per heavy atom. The first kappa shape index (κ1) is 15.8. The van der Waals surface area contributed by atoms with Crippen LogP contribution in [0.15, 0.2) is 24.3 Å². The zero-order valence-corrected chi connectivity index (χ0v) is 12.8. The van der Waals surface area contributed by atoms with Crippen molar-refractivity contribution in [1.82, 2.24) is 9.80 Å². The van der Waals surface area contributed by atoms with E-state index in [9.17, 15) is 4.79 Å². The smallest absolute Gasteiger partial charge is 0.225 e. The molecule has 1 aliphatic rings. The molecular formula is C16H26N4O. The van der Waals surface area contributed by atoms with Crippen LogP contribution < -0.4 is 11.1 Å². The van der Waals surface area contributed by atoms with Crippen LogP contribution in [0, 0.1) is 0 Å². The van der Waals surface area contributed by atoms with E-state index in [2.05, 4.69) is 22.0 Å². The predicted molar refractivity (Wildman–Crippen MR) is 87.3 cm³/mol. The average Bonchev–Trinajstić information content (AvgIpc) is 2.49. The van der Waals surface area contributed by atoms with E-state index < -0.39 is 0 Å². The van der Waals surface area contributed by atoms with Crippen molar-refractivity contribution < 1.29 is 4.79 Å². The molecule has 1 heterocycles. The van der Waals surface area contributed by atoms with Crippen molar-refractivity contribution in [1.29, 1.82) is 0 Å². The highest BCUT2D eigenvalue weighted by molar-refractivity contribution is 5.93. The highest BCUT2D eigenvalue weighted by Crippen LogP contribution is 2.16. The molecule has 0 radical (unpaired) electrons. The molecule has 1 amide bonds. The zero-order chi connectivity index (χ0) is 15.1. The summed E-state index contributed by atoms with van der Waals surface area (Å²) in [7, 11) is 0. The fourth-order valence-electron chi connectivity index (χ4n) is 2.64. The van der Waals surface area contributed by atoms with E-state index in [1.54, 1.807) is 6.07 Å². The first-order chi connectivity index (χ1) is 10.2. The van der Waals surface area contributed by atoms with Gasteiger partial charge in [-0.2, -0.15) is 0 Å². The van der Waals surface area contributed by atoms with E-state index in [1.807, 2.05) is 18.2 Å². The van der Waals surface area contributed by atoms with Crippen LogP contribution in [0.3, 0.4) is 0 Å². The van der Waals surface area contributed by atoms with E-state index in [1.165, 1.54) is 13.0 Å². The topological polar surface area (TPSA) is 61.6 Å². The lowest BCUT2D eigenvalue weighted by molar-refractivity contribution is -0.116. The molecule has 0 aromatic heterocycles. The summed E-state index contributed by atoms with van der Waals surface area (Å²) in [6.45, 7) is 8.55. The van der Waals surface area contributed by atoms with Gasteiger partial charge in [0.05, 0.1) is 11.4 Å². The van der Waals surface area contributed by atoms with Gasteiger partial charge in [-0.3, -0.25) is 4.79 Å². The number of nitrogens with one attached hydrogen (secondary N) is 1. The number of hydrogen-bond donors (Lipinski definition) is 2. The first-order valence-corrected chi connectivity index (χ1v) is 7.78. The highest BCUT2D eigenvalue weighted by atomic mass is 16.1. The molecule has 1 saturated heterocycles. The number of amides is 1. The quantitative estimate of drug-likeness (QED) is 0.782. The normalized spacial score (nSPS) is 16.8. The monoisotopic (exact) mass is 290 g/mol. The van der Waals surface area contributed by atoms with Crippen molar-refractivity contribution in [3.63, 3.8) is 0 Å². The maximum absolute atomic E-state index is 12.0. The summed E-state index contributed by atoms with van der Waals surface area (Å²) in [5.74, 6) is 0.0314. The summed E-state index contributed by atoms with van der Waals surface area (Å²) >= 11 is 0. The SMILES string of the molecule is CCCN1CCN(CCC(=O)Nc2ccccc2N)CC1. The van der Waals surface area contributed by atoms with Crippen LogP contribution in [0.2, 0.25) is 0 Å². The summed E-state index contributed by atoms with van der Waals surface area (Å²) in [5.41, 5.74) is 7.14. The van der Waals surface area contributed by atoms with Gasteiger partial charge in [-0.1, -0.05) is 19.1 Å². The summed E-state index contributed by atoms with van der Waals surface area (Å²) in [6, 6.07) is 7.36. The summed E-state index contributed by atoms with van der Waals surface area (Å²) in [4.78, 5) is 16.8. The Labute approximate surface area is 127 Å². The third kappa shape index (κ3) is 5.02. The van der Waals surface area contributed by atoms with Crippen LogP contribution in [0.25, 0.3) is 0 Å². The predicted octanol–water partition coefficient (Wildman–Crippen LogP) is 1.62. The Morgan fingerprint density at radius 3 is 2.38 bits per heavy atom. The number of hydrogen-bond acceptors (Lipinski definition) is 4. The van der Waals surface area contributed by atoms with Crippen molar-refractivity contribution in [2.45, 2.75) is 19.8 Å². The molecule has 0 spiro atoms. The van der Waals surface area contributed by atoms with Gasteiger partial charge in [-0.05, 0) is 25.1 Å². The Morgan fingerprint density at radius 2 is 1.76 bits per heavy atom. The number of nitrogens with zero attached hydrogens (tertiary/aromatic N) is 2. The zero-order valence-electron chi connectivity index (χ0n) is 12.8. The highest BCUT2D eigenvalue weighted by Gasteiger charge is 2.16. The van der Waals surface area contributed by atoms with Crippen LogP contribution >= 0.6 is 0 Å². The van der Waals surface area contributed by atoms with Crippen molar-refractivity contribution in [3.8, 4) is 0 Å². The molecule has 0 bridgehead atoms. The molecule has 1 aliphatic heterocycles. The van der Waals surface area contributed by atoms with Gasteiger partial charge in [-0.15, -0.1) is 0 Å². The second kappa shape index (κ2) is 8.00. The van der Waals surface area contributed by atoms with Gasteiger partial charge in [0.15, 0.2) is 0 Å². The van der Waals surface area contributed by atoms with Gasteiger partial charge in [0.1, 0.15) is 0 Å². The Kier molecular flexibility index (Phi) is 6.02. The number of nitrogens with two attached hydrogens (primary N) is 1. The van der Waals surface area contributed by atoms with Gasteiger partial charge in [0, 0.05) is 39.1 Å². The largest absolute Gasteiger partial charge is 0.397 e. The van der Waals surface area contributed by atoms with E-state index >= 15 is 0 Å². The van der Waals surface area contributed by atoms with Gasteiger partial charge in [0.2, 0.25) is 5.91 Å². The van der Waals surface area contributed by atoms with Gasteiger partial charge < -0.3 is 20.9 Å². The number of carbonyl (C=O) groups is 1. The van der Waals surface area contributed by atoms with Crippen molar-refractivity contribution in [3.05, 3.63) is 24.3 Å². The molecule has 1 aromatic carbocycles. The Hall–Kier alpha value is -1.59. The second-order valence-corrected chi connectivity index (χ2v) is 5.57. The number of rotatable bonds is 6. The van der Waals surface area contributed by atoms with Gasteiger partial charge in [0.25, 0.3) is 0 Å². The molecule has 0 unspecified atom stereocenters. The molecule has 1 fully saturated rings. The average molecular weight is 290 g/mol. The molecule has 5 nitrogen and oxygen atoms in total. The fourth-order valence-corrected chi connectivity index (χ4v) is 2.64. The third-order valence-corrected chi connectivity index (χ3v) is 3.89. The fraction of sp³-hybridized carbons (Fsp3) is 0.562. The molecule has 0 saturated carbocycles. The molecule has 116 valence electrons. The number of piperazine rings is 1. The molecule has 21 heavy (non-hydrogen) atoms. The number of para-hydroxylation sites is 2. The lowest BCUT2D eigenvalue weighted by atomic mass is 10.2. The molecule has 3 N–H and O–H groups in total. The van der Waals surface area contributed by atoms with Crippen LogP contribution in [0.4, 0.5) is 11.4 Å². The molecule has 1 aromatic rings. The minimum Gasteiger partial charge on any atom is -0.397 e. The van der Waals surface area contributed by atoms with E-state index in [0.717, 1.165) is 32.7 Å². The standard InChI is InChI=1S/C16H26N4O/c1-2-8-19-10-12-20(13-11-19)9-7-16(21)18-15-6-4-3-5-14(15)17/h3-6H,2,7-13,17H2,1H3,(H,18,21). The number of nitrogen functional groups attached to an aromatic ring is 1. The van der Waals surface area contributed by atoms with Crippen LogP contribution in [0.5, 0.6) is 0 Å². The van der Waals surface area contributed by atoms with Crippen LogP contribution in [-0.2, 0) is 4.79 Å². The second-order valence-electron chi connectivity index (χ2n) is 5.57. The van der Waals surface area contributed by atoms with Gasteiger partial charge >= 0.3 is 0 Å². The molecule has 0 aliphatic carbocycles. The maximum atomic E-state index is 12.0. The summed E-state index contributed by atoms with van der Waals surface area (Å²) in [5, 5.41) is 2.88. The minimum atomic E-state index is 0.0314. The maximum Gasteiger partial charge on any atom is 0.225 e. The van der Waals surface area contributed by atoms with Gasteiger partial charge in [-0.25, -0.2) is 0 Å². The molecular weight excluding hydrogens is 264 g/mol. The van der Waals surface area contributed by atoms with Crippen molar-refractivity contribution in [2.75, 3.05) is 50.3 Å². The van der Waals surface area contributed by atoms with E-state index in [-0.39, 0.29) is 5.91 Å². The number of carbonyl (C=O) groups excluding carboxylic acids is 1. The Bertz CT molecular complexity index is 455. The van der Waals surface area contributed by atoms with Crippen LogP contribution in [0.1, 0.15) is 19.8 Å². The first-order valence-electron chi connectivity index (χ1n) is 7.78. The molecule has 0 atom stereocenters. The number of anilines is 2. The Balaban J connectivity index is 1.69. The van der Waals surface area contributed by atoms with Crippen molar-refractivity contribution >= 4 is 17.3 Å². The van der Waals surface area contributed by atoms with E-state index in [0.29, 0.717) is 17.8 Å². The minimum absolute atomic E-state index is 0.0314. The van der Waals surface area contributed by atoms with E-state index in [4.69, 9.17) is 5.73 Å². The number of benzene rings is 1. The van der Waals surface area contributed by atoms with Crippen molar-refractivity contribution in [2.24, 2.45) is 0 Å². The molecule has 5 heteroatoms. The summed E-state index contributed by atoms with van der Waals surface area (Å²) in [6.07, 6.45) is 1.73.